The van der Waals surface area contributed by atoms with Crippen molar-refractivity contribution in [3.8, 4) is 5.69 Å². The second kappa shape index (κ2) is 9.45. The molecule has 2 aromatic heterocycles. The monoisotopic (exact) mass is 522 g/mol. The Balaban J connectivity index is 1.40. The van der Waals surface area contributed by atoms with E-state index in [1.807, 2.05) is 37.3 Å². The third-order valence-corrected chi connectivity index (χ3v) is 6.59. The number of aryl methyl sites for hydroxylation is 1. The molecule has 2 aromatic carbocycles. The fourth-order valence-corrected chi connectivity index (χ4v) is 4.50. The SMILES string of the molecule is Cc1ccc(N2C(=O)/C(=C/c3ccc(Sc4nnnn4-c4ccccc4)o3)C(=O)NC2=S)cc1Cl. The molecule has 0 spiro atoms. The molecule has 2 amide bonds. The first kappa shape index (κ1) is 23.0. The number of para-hydroxylation sites is 1. The molecule has 1 aliphatic heterocycles. The summed E-state index contributed by atoms with van der Waals surface area (Å²) in [5, 5.41) is 15.7. The zero-order valence-corrected chi connectivity index (χ0v) is 20.4. The number of anilines is 1. The summed E-state index contributed by atoms with van der Waals surface area (Å²) in [6, 6.07) is 17.9. The molecule has 1 fully saturated rings. The van der Waals surface area contributed by atoms with Gasteiger partial charge in [0.05, 0.1) is 11.4 Å². The molecule has 0 unspecified atom stereocenters. The Bertz CT molecular complexity index is 1500. The molecule has 0 aliphatic carbocycles. The molecule has 0 bridgehead atoms. The summed E-state index contributed by atoms with van der Waals surface area (Å²) in [5.41, 5.74) is 1.97. The summed E-state index contributed by atoms with van der Waals surface area (Å²) in [4.78, 5) is 27.0. The van der Waals surface area contributed by atoms with Gasteiger partial charge in [-0.1, -0.05) is 35.9 Å². The minimum Gasteiger partial charge on any atom is -0.450 e. The van der Waals surface area contributed by atoms with Gasteiger partial charge >= 0.3 is 0 Å². The van der Waals surface area contributed by atoms with Crippen molar-refractivity contribution >= 4 is 64.3 Å². The highest BCUT2D eigenvalue weighted by Gasteiger charge is 2.35. The predicted molar refractivity (Wildman–Crippen MR) is 134 cm³/mol. The highest BCUT2D eigenvalue weighted by Crippen LogP contribution is 2.30. The molecule has 1 saturated heterocycles. The number of tetrazole rings is 1. The summed E-state index contributed by atoms with van der Waals surface area (Å²) in [7, 11) is 0. The molecule has 0 radical (unpaired) electrons. The van der Waals surface area contributed by atoms with E-state index in [2.05, 4.69) is 20.8 Å². The summed E-state index contributed by atoms with van der Waals surface area (Å²) in [6.07, 6.45) is 1.37. The number of nitrogens with zero attached hydrogens (tertiary/aromatic N) is 5. The van der Waals surface area contributed by atoms with E-state index in [4.69, 9.17) is 28.2 Å². The Labute approximate surface area is 213 Å². The van der Waals surface area contributed by atoms with Gasteiger partial charge in [-0.3, -0.25) is 19.8 Å². The first-order valence-corrected chi connectivity index (χ1v) is 11.8. The number of hydrogen-bond acceptors (Lipinski definition) is 8. The van der Waals surface area contributed by atoms with Crippen molar-refractivity contribution in [3.05, 3.63) is 82.6 Å². The zero-order valence-electron chi connectivity index (χ0n) is 18.0. The van der Waals surface area contributed by atoms with Crippen molar-refractivity contribution in [2.24, 2.45) is 0 Å². The number of halogens is 1. The number of furan rings is 1. The maximum Gasteiger partial charge on any atom is 0.270 e. The Morgan fingerprint density at radius 3 is 2.66 bits per heavy atom. The van der Waals surface area contributed by atoms with Gasteiger partial charge in [-0.15, -0.1) is 5.10 Å². The van der Waals surface area contributed by atoms with Gasteiger partial charge in [0.1, 0.15) is 11.3 Å². The normalized spacial score (nSPS) is 15.1. The lowest BCUT2D eigenvalue weighted by molar-refractivity contribution is -0.122. The lowest BCUT2D eigenvalue weighted by atomic mass is 10.1. The molecule has 1 aliphatic rings. The minimum atomic E-state index is -0.618. The quantitative estimate of drug-likeness (QED) is 0.236. The maximum absolute atomic E-state index is 13.2. The zero-order chi connectivity index (χ0) is 24.5. The van der Waals surface area contributed by atoms with Gasteiger partial charge in [-0.05, 0) is 89.4 Å². The van der Waals surface area contributed by atoms with Gasteiger partial charge in [0.15, 0.2) is 10.2 Å². The molecule has 3 heterocycles. The fourth-order valence-electron chi connectivity index (χ4n) is 3.29. The molecule has 0 atom stereocenters. The van der Waals surface area contributed by atoms with Crippen LogP contribution in [0, 0.1) is 6.92 Å². The van der Waals surface area contributed by atoms with Gasteiger partial charge < -0.3 is 4.42 Å². The number of carbonyl (C=O) groups is 2. The first-order chi connectivity index (χ1) is 16.9. The Hall–Kier alpha value is -3.80. The molecule has 174 valence electrons. The Morgan fingerprint density at radius 1 is 1.09 bits per heavy atom. The largest absolute Gasteiger partial charge is 0.450 e. The third kappa shape index (κ3) is 4.61. The molecule has 9 nitrogen and oxygen atoms in total. The van der Waals surface area contributed by atoms with Crippen molar-refractivity contribution in [1.82, 2.24) is 25.5 Å². The van der Waals surface area contributed by atoms with Crippen LogP contribution in [0.3, 0.4) is 0 Å². The highest BCUT2D eigenvalue weighted by molar-refractivity contribution is 7.99. The summed E-state index contributed by atoms with van der Waals surface area (Å²) in [5.74, 6) is -0.898. The van der Waals surface area contributed by atoms with Crippen LogP contribution < -0.4 is 10.2 Å². The second-order valence-corrected chi connectivity index (χ2v) is 9.12. The number of benzene rings is 2. The minimum absolute atomic E-state index is 0.0273. The molecule has 35 heavy (non-hydrogen) atoms. The van der Waals surface area contributed by atoms with Crippen LogP contribution >= 0.6 is 35.6 Å². The van der Waals surface area contributed by atoms with Crippen molar-refractivity contribution in [2.75, 3.05) is 4.90 Å². The van der Waals surface area contributed by atoms with Gasteiger partial charge in [-0.2, -0.15) is 4.68 Å². The van der Waals surface area contributed by atoms with Crippen molar-refractivity contribution in [3.63, 3.8) is 0 Å². The van der Waals surface area contributed by atoms with Crippen LogP contribution in [-0.4, -0.2) is 37.1 Å². The van der Waals surface area contributed by atoms with Gasteiger partial charge in [0.2, 0.25) is 5.16 Å². The molecule has 0 saturated carbocycles. The lowest BCUT2D eigenvalue weighted by Crippen LogP contribution is -2.54. The van der Waals surface area contributed by atoms with Crippen molar-refractivity contribution in [2.45, 2.75) is 17.2 Å². The average molecular weight is 523 g/mol. The number of thiocarbonyl (C=S) groups is 1. The topological polar surface area (TPSA) is 106 Å². The maximum atomic E-state index is 13.2. The fraction of sp³-hybridized carbons (Fsp3) is 0.0435. The second-order valence-electron chi connectivity index (χ2n) is 7.36. The van der Waals surface area contributed by atoms with Crippen LogP contribution in [0.15, 0.2) is 80.9 Å². The molecule has 4 aromatic rings. The lowest BCUT2D eigenvalue weighted by Gasteiger charge is -2.29. The van der Waals surface area contributed by atoms with Crippen LogP contribution in [0.2, 0.25) is 5.02 Å². The van der Waals surface area contributed by atoms with Crippen LogP contribution in [0.1, 0.15) is 11.3 Å². The molecule has 12 heteroatoms. The van der Waals surface area contributed by atoms with E-state index in [1.54, 1.807) is 35.0 Å². The average Bonchev–Trinajstić information content (AvgIpc) is 3.49. The standard InChI is InChI=1S/C23H15ClN6O3S2/c1-13-7-8-15(11-18(13)24)29-21(32)17(20(31)25-22(29)34)12-16-9-10-19(33-16)35-23-26-27-28-30(23)14-5-3-2-4-6-14/h2-12H,1H3,(H,25,31,34)/b17-12+. The van der Waals surface area contributed by atoms with Gasteiger partial charge in [0, 0.05) is 5.02 Å². The number of aromatic nitrogens is 4. The predicted octanol–water partition coefficient (Wildman–Crippen LogP) is 4.20. The summed E-state index contributed by atoms with van der Waals surface area (Å²) in [6.45, 7) is 1.85. The van der Waals surface area contributed by atoms with E-state index in [9.17, 15) is 9.59 Å². The van der Waals surface area contributed by atoms with E-state index >= 15 is 0 Å². The van der Waals surface area contributed by atoms with Crippen LogP contribution in [-0.2, 0) is 9.59 Å². The Morgan fingerprint density at radius 2 is 1.89 bits per heavy atom. The number of hydrogen-bond donors (Lipinski definition) is 1. The van der Waals surface area contributed by atoms with E-state index in [1.165, 1.54) is 22.7 Å². The molecule has 1 N–H and O–H groups in total. The van der Waals surface area contributed by atoms with E-state index in [-0.39, 0.29) is 10.7 Å². The van der Waals surface area contributed by atoms with Crippen LogP contribution in [0.25, 0.3) is 11.8 Å². The number of nitrogens with one attached hydrogen (secondary N) is 1. The highest BCUT2D eigenvalue weighted by atomic mass is 35.5. The number of carbonyl (C=O) groups excluding carboxylic acids is 2. The van der Waals surface area contributed by atoms with Crippen LogP contribution in [0.5, 0.6) is 0 Å². The van der Waals surface area contributed by atoms with E-state index < -0.39 is 11.8 Å². The number of amides is 2. The molecular weight excluding hydrogens is 508 g/mol. The van der Waals surface area contributed by atoms with Gasteiger partial charge in [-0.25, -0.2) is 0 Å². The summed E-state index contributed by atoms with van der Waals surface area (Å²) >= 11 is 12.7. The van der Waals surface area contributed by atoms with E-state index in [0.717, 1.165) is 11.3 Å². The van der Waals surface area contributed by atoms with Crippen LogP contribution in [0.4, 0.5) is 5.69 Å². The van der Waals surface area contributed by atoms with Gasteiger partial charge in [0.25, 0.3) is 11.8 Å². The molecular formula is C23H15ClN6O3S2. The number of rotatable bonds is 5. The Kier molecular flexibility index (Phi) is 6.20. The smallest absolute Gasteiger partial charge is 0.270 e. The summed E-state index contributed by atoms with van der Waals surface area (Å²) < 4.78 is 7.40. The third-order valence-electron chi connectivity index (χ3n) is 5.04. The first-order valence-electron chi connectivity index (χ1n) is 10.2. The molecule has 5 rings (SSSR count). The van der Waals surface area contributed by atoms with Crippen molar-refractivity contribution in [1.29, 1.82) is 0 Å². The van der Waals surface area contributed by atoms with Crippen molar-refractivity contribution < 1.29 is 14.0 Å². The van der Waals surface area contributed by atoms with E-state index in [0.29, 0.717) is 26.7 Å².